The first-order chi connectivity index (χ1) is 13.0. The molecule has 0 fully saturated rings. The Morgan fingerprint density at radius 1 is 1.04 bits per heavy atom. The lowest BCUT2D eigenvalue weighted by Gasteiger charge is -2.20. The average Bonchev–Trinajstić information content (AvgIpc) is 2.69. The smallest absolute Gasteiger partial charge is 0.315 e. The molecular weight excluding hydrogens is 345 g/mol. The second-order valence-corrected chi connectivity index (χ2v) is 6.36. The molecule has 0 bridgehead atoms. The number of rotatable bonds is 9. The van der Waals surface area contributed by atoms with Crippen molar-refractivity contribution in [3.05, 3.63) is 71.0 Å². The van der Waals surface area contributed by atoms with Gasteiger partial charge in [0.25, 0.3) is 0 Å². The first-order valence-electron chi connectivity index (χ1n) is 9.27. The number of hydrogen-bond donors (Lipinski definition) is 3. The predicted molar refractivity (Wildman–Crippen MR) is 105 cm³/mol. The van der Waals surface area contributed by atoms with Gasteiger partial charge in [0.1, 0.15) is 5.82 Å². The molecule has 1 atom stereocenters. The van der Waals surface area contributed by atoms with Gasteiger partial charge in [0.2, 0.25) is 0 Å². The van der Waals surface area contributed by atoms with E-state index in [0.717, 1.165) is 25.2 Å². The Hall–Kier alpha value is -2.44. The van der Waals surface area contributed by atoms with E-state index in [0.29, 0.717) is 12.1 Å². The normalized spacial score (nSPS) is 12.0. The first-order valence-corrected chi connectivity index (χ1v) is 9.27. The fraction of sp³-hybridized carbons (Fsp3) is 0.381. The maximum Gasteiger partial charge on any atom is 0.315 e. The third kappa shape index (κ3) is 6.66. The van der Waals surface area contributed by atoms with E-state index >= 15 is 0 Å². The summed E-state index contributed by atoms with van der Waals surface area (Å²) in [5, 5.41) is 15.5. The third-order valence-corrected chi connectivity index (χ3v) is 4.56. The highest BCUT2D eigenvalue weighted by atomic mass is 19.1. The largest absolute Gasteiger partial charge is 0.387 e. The number of urea groups is 1. The quantitative estimate of drug-likeness (QED) is 0.632. The topological polar surface area (TPSA) is 64.6 Å². The van der Waals surface area contributed by atoms with E-state index < -0.39 is 6.10 Å². The molecule has 5 nitrogen and oxygen atoms in total. The number of amides is 2. The molecule has 27 heavy (non-hydrogen) atoms. The lowest BCUT2D eigenvalue weighted by molar-refractivity contribution is 0.173. The summed E-state index contributed by atoms with van der Waals surface area (Å²) in [5.74, 6) is -0.361. The van der Waals surface area contributed by atoms with Gasteiger partial charge in [-0.05, 0) is 41.9 Å². The van der Waals surface area contributed by atoms with E-state index in [1.807, 2.05) is 18.2 Å². The summed E-state index contributed by atoms with van der Waals surface area (Å²) in [7, 11) is 0. The van der Waals surface area contributed by atoms with Gasteiger partial charge in [-0.3, -0.25) is 4.90 Å². The molecule has 0 aliphatic heterocycles. The molecule has 2 aromatic carbocycles. The van der Waals surface area contributed by atoms with E-state index in [1.54, 1.807) is 0 Å². The predicted octanol–water partition coefficient (Wildman–Crippen LogP) is 3.20. The van der Waals surface area contributed by atoms with Crippen molar-refractivity contribution < 1.29 is 14.3 Å². The highest BCUT2D eigenvalue weighted by Gasteiger charge is 2.11. The molecule has 2 amide bonds. The van der Waals surface area contributed by atoms with E-state index in [2.05, 4.69) is 35.4 Å². The summed E-state index contributed by atoms with van der Waals surface area (Å²) >= 11 is 0. The summed E-state index contributed by atoms with van der Waals surface area (Å²) in [5.41, 5.74) is 2.81. The molecule has 2 rings (SSSR count). The number of carbonyl (C=O) groups excluding carboxylic acids is 1. The zero-order valence-corrected chi connectivity index (χ0v) is 15.9. The van der Waals surface area contributed by atoms with Gasteiger partial charge in [-0.1, -0.05) is 50.2 Å². The summed E-state index contributed by atoms with van der Waals surface area (Å²) < 4.78 is 12.9. The van der Waals surface area contributed by atoms with Gasteiger partial charge >= 0.3 is 6.03 Å². The van der Waals surface area contributed by atoms with Crippen LogP contribution in [0.2, 0.25) is 0 Å². The number of benzene rings is 2. The lowest BCUT2D eigenvalue weighted by Crippen LogP contribution is -2.37. The molecule has 0 spiro atoms. The van der Waals surface area contributed by atoms with Crippen molar-refractivity contribution in [3.8, 4) is 0 Å². The second kappa shape index (κ2) is 10.6. The van der Waals surface area contributed by atoms with Crippen molar-refractivity contribution in [2.24, 2.45) is 0 Å². The Bertz CT molecular complexity index is 718. The van der Waals surface area contributed by atoms with Crippen LogP contribution >= 0.6 is 0 Å². The van der Waals surface area contributed by atoms with Crippen LogP contribution in [-0.4, -0.2) is 35.7 Å². The zero-order valence-electron chi connectivity index (χ0n) is 15.9. The minimum atomic E-state index is -0.883. The number of halogens is 1. The molecule has 0 aliphatic carbocycles. The maximum atomic E-state index is 12.9. The Balaban J connectivity index is 1.84. The molecule has 0 aromatic heterocycles. The van der Waals surface area contributed by atoms with Crippen molar-refractivity contribution in [2.75, 3.05) is 19.6 Å². The number of nitrogens with zero attached hydrogens (tertiary/aromatic N) is 1. The molecule has 0 saturated heterocycles. The minimum absolute atomic E-state index is 0.0541. The Labute approximate surface area is 160 Å². The van der Waals surface area contributed by atoms with Crippen LogP contribution in [0.5, 0.6) is 0 Å². The molecule has 2 aromatic rings. The SMILES string of the molecule is CCN(CC)Cc1ccccc1CNC(=O)NCC(O)c1ccc(F)cc1. The minimum Gasteiger partial charge on any atom is -0.387 e. The van der Waals surface area contributed by atoms with Gasteiger partial charge in [0.05, 0.1) is 6.10 Å². The van der Waals surface area contributed by atoms with Crippen LogP contribution in [0, 0.1) is 5.82 Å². The van der Waals surface area contributed by atoms with Crippen LogP contribution in [0.3, 0.4) is 0 Å². The van der Waals surface area contributed by atoms with Gasteiger partial charge in [-0.25, -0.2) is 9.18 Å². The van der Waals surface area contributed by atoms with Gasteiger partial charge in [0.15, 0.2) is 0 Å². The molecule has 6 heteroatoms. The Morgan fingerprint density at radius 2 is 1.67 bits per heavy atom. The van der Waals surface area contributed by atoms with E-state index in [9.17, 15) is 14.3 Å². The molecule has 1 unspecified atom stereocenters. The van der Waals surface area contributed by atoms with Crippen LogP contribution in [0.25, 0.3) is 0 Å². The number of nitrogens with one attached hydrogen (secondary N) is 2. The molecule has 146 valence electrons. The molecule has 0 heterocycles. The average molecular weight is 373 g/mol. The highest BCUT2D eigenvalue weighted by Crippen LogP contribution is 2.13. The van der Waals surface area contributed by atoms with Crippen LogP contribution in [-0.2, 0) is 13.1 Å². The Morgan fingerprint density at radius 3 is 2.30 bits per heavy atom. The van der Waals surface area contributed by atoms with Crippen LogP contribution in [0.4, 0.5) is 9.18 Å². The summed E-state index contributed by atoms with van der Waals surface area (Å²) in [6, 6.07) is 13.3. The van der Waals surface area contributed by atoms with Gasteiger partial charge < -0.3 is 15.7 Å². The van der Waals surface area contributed by atoms with Crippen LogP contribution in [0.1, 0.15) is 36.6 Å². The lowest BCUT2D eigenvalue weighted by atomic mass is 10.1. The third-order valence-electron chi connectivity index (χ3n) is 4.56. The number of hydrogen-bond acceptors (Lipinski definition) is 3. The fourth-order valence-electron chi connectivity index (χ4n) is 2.80. The Kier molecular flexibility index (Phi) is 8.23. The summed E-state index contributed by atoms with van der Waals surface area (Å²) in [6.45, 7) is 7.51. The van der Waals surface area contributed by atoms with Gasteiger partial charge in [-0.2, -0.15) is 0 Å². The van der Waals surface area contributed by atoms with E-state index in [-0.39, 0.29) is 18.4 Å². The standard InChI is InChI=1S/C21H28FN3O2/c1-3-25(4-2)15-18-8-6-5-7-17(18)13-23-21(27)24-14-20(26)16-9-11-19(22)12-10-16/h5-12,20,26H,3-4,13-15H2,1-2H3,(H2,23,24,27). The number of aliphatic hydroxyl groups excluding tert-OH is 1. The molecule has 0 saturated carbocycles. The van der Waals surface area contributed by atoms with Crippen molar-refractivity contribution in [2.45, 2.75) is 33.0 Å². The zero-order chi connectivity index (χ0) is 19.6. The molecule has 0 radical (unpaired) electrons. The van der Waals surface area contributed by atoms with Crippen molar-refractivity contribution in [3.63, 3.8) is 0 Å². The van der Waals surface area contributed by atoms with E-state index in [4.69, 9.17) is 0 Å². The summed E-state index contributed by atoms with van der Waals surface area (Å²) in [4.78, 5) is 14.4. The number of aliphatic hydroxyl groups is 1. The first kappa shape index (κ1) is 20.9. The van der Waals surface area contributed by atoms with Gasteiger partial charge in [0, 0.05) is 19.6 Å². The molecule has 3 N–H and O–H groups in total. The monoisotopic (exact) mass is 373 g/mol. The van der Waals surface area contributed by atoms with Crippen LogP contribution in [0.15, 0.2) is 48.5 Å². The highest BCUT2D eigenvalue weighted by molar-refractivity contribution is 5.73. The summed E-state index contributed by atoms with van der Waals surface area (Å²) in [6.07, 6.45) is -0.883. The van der Waals surface area contributed by atoms with Crippen molar-refractivity contribution in [1.82, 2.24) is 15.5 Å². The second-order valence-electron chi connectivity index (χ2n) is 6.36. The van der Waals surface area contributed by atoms with Crippen molar-refractivity contribution in [1.29, 1.82) is 0 Å². The maximum absolute atomic E-state index is 12.9. The van der Waals surface area contributed by atoms with Crippen LogP contribution < -0.4 is 10.6 Å². The molecular formula is C21H28FN3O2. The fourth-order valence-corrected chi connectivity index (χ4v) is 2.80. The van der Waals surface area contributed by atoms with E-state index in [1.165, 1.54) is 29.8 Å². The van der Waals surface area contributed by atoms with Gasteiger partial charge in [-0.15, -0.1) is 0 Å². The van der Waals surface area contributed by atoms with Crippen molar-refractivity contribution >= 4 is 6.03 Å². The molecule has 0 aliphatic rings. The number of carbonyl (C=O) groups is 1.